The van der Waals surface area contributed by atoms with Crippen LogP contribution in [0, 0.1) is 0 Å². The van der Waals surface area contributed by atoms with Crippen LogP contribution in [0.2, 0.25) is 0 Å². The summed E-state index contributed by atoms with van der Waals surface area (Å²) in [5.41, 5.74) is 2.11. The molecule has 2 aromatic rings. The molecule has 1 amide bonds. The van der Waals surface area contributed by atoms with Gasteiger partial charge in [-0.3, -0.25) is 4.79 Å². The first-order valence-electron chi connectivity index (χ1n) is 9.05. The predicted octanol–water partition coefficient (Wildman–Crippen LogP) is 2.88. The Kier molecular flexibility index (Phi) is 8.23. The van der Waals surface area contributed by atoms with Crippen molar-refractivity contribution in [2.24, 2.45) is 0 Å². The van der Waals surface area contributed by atoms with Crippen molar-refractivity contribution >= 4 is 21.6 Å². The Morgan fingerprint density at radius 3 is 2.45 bits per heavy atom. The lowest BCUT2D eigenvalue weighted by Crippen LogP contribution is -2.25. The largest absolute Gasteiger partial charge is 0.493 e. The van der Waals surface area contributed by atoms with Gasteiger partial charge in [0.05, 0.1) is 20.0 Å². The quantitative estimate of drug-likeness (QED) is 0.547. The smallest absolute Gasteiger partial charge is 0.224 e. The molecule has 0 aliphatic rings. The minimum Gasteiger partial charge on any atom is -0.493 e. The van der Waals surface area contributed by atoms with Gasteiger partial charge in [-0.1, -0.05) is 30.3 Å². The van der Waals surface area contributed by atoms with Gasteiger partial charge in [0.15, 0.2) is 11.5 Å². The molecule has 0 saturated heterocycles. The van der Waals surface area contributed by atoms with Crippen LogP contribution in [0.3, 0.4) is 0 Å². The summed E-state index contributed by atoms with van der Waals surface area (Å²) in [6, 6.07) is 12.3. The van der Waals surface area contributed by atoms with Crippen molar-refractivity contribution < 1.29 is 22.7 Å². The number of amides is 1. The predicted molar refractivity (Wildman–Crippen MR) is 114 cm³/mol. The molecule has 0 aromatic heterocycles. The van der Waals surface area contributed by atoms with Crippen LogP contribution in [0.1, 0.15) is 17.5 Å². The number of carbonyl (C=O) groups excluding carboxylic acids is 1. The summed E-state index contributed by atoms with van der Waals surface area (Å²) in [7, 11) is -0.281. The number of anilines is 1. The highest BCUT2D eigenvalue weighted by atomic mass is 32.2. The van der Waals surface area contributed by atoms with E-state index in [0.29, 0.717) is 29.2 Å². The third kappa shape index (κ3) is 6.92. The molecule has 0 fully saturated rings. The first-order valence-corrected chi connectivity index (χ1v) is 10.7. The number of ether oxygens (including phenoxy) is 2. The van der Waals surface area contributed by atoms with Gasteiger partial charge in [0.25, 0.3) is 0 Å². The van der Waals surface area contributed by atoms with Gasteiger partial charge in [0, 0.05) is 18.7 Å². The van der Waals surface area contributed by atoms with Crippen LogP contribution < -0.4 is 19.5 Å². The summed E-state index contributed by atoms with van der Waals surface area (Å²) in [6.07, 6.45) is 2.25. The number of rotatable bonds is 11. The number of para-hydroxylation sites is 1. The minimum atomic E-state index is -3.42. The number of hydrogen-bond acceptors (Lipinski definition) is 5. The van der Waals surface area contributed by atoms with E-state index in [4.69, 9.17) is 9.47 Å². The maximum Gasteiger partial charge on any atom is 0.224 e. The average molecular weight is 419 g/mol. The van der Waals surface area contributed by atoms with Gasteiger partial charge in [-0.2, -0.15) is 0 Å². The zero-order valence-corrected chi connectivity index (χ0v) is 17.4. The third-order valence-electron chi connectivity index (χ3n) is 4.15. The molecule has 0 saturated carbocycles. The van der Waals surface area contributed by atoms with E-state index >= 15 is 0 Å². The van der Waals surface area contributed by atoms with E-state index < -0.39 is 10.0 Å². The van der Waals surface area contributed by atoms with E-state index in [0.717, 1.165) is 5.56 Å². The molecule has 0 radical (unpaired) electrons. The van der Waals surface area contributed by atoms with Crippen LogP contribution in [0.5, 0.6) is 11.5 Å². The van der Waals surface area contributed by atoms with Crippen molar-refractivity contribution in [3.63, 3.8) is 0 Å². The van der Waals surface area contributed by atoms with Gasteiger partial charge in [0.2, 0.25) is 15.9 Å². The number of hydrogen-bond donors (Lipinski definition) is 2. The van der Waals surface area contributed by atoms with Crippen LogP contribution in [-0.4, -0.2) is 35.1 Å². The Morgan fingerprint density at radius 1 is 1.10 bits per heavy atom. The zero-order valence-electron chi connectivity index (χ0n) is 16.6. The lowest BCUT2D eigenvalue weighted by atomic mass is 10.1. The second-order valence-corrected chi connectivity index (χ2v) is 8.10. The number of aryl methyl sites for hydroxylation is 1. The maximum atomic E-state index is 12.3. The summed E-state index contributed by atoms with van der Waals surface area (Å²) >= 11 is 0. The first kappa shape index (κ1) is 22.4. The van der Waals surface area contributed by atoms with E-state index in [1.807, 2.05) is 12.1 Å². The Labute approximate surface area is 171 Å². The molecule has 0 aliphatic heterocycles. The van der Waals surface area contributed by atoms with Crippen LogP contribution in [0.4, 0.5) is 5.69 Å². The summed E-state index contributed by atoms with van der Waals surface area (Å²) < 4.78 is 36.9. The third-order valence-corrected chi connectivity index (χ3v) is 5.47. The van der Waals surface area contributed by atoms with Crippen LogP contribution in [0.25, 0.3) is 0 Å². The molecule has 0 bridgehead atoms. The molecule has 0 atom stereocenters. The molecule has 2 N–H and O–H groups in total. The normalized spacial score (nSPS) is 11.0. The van der Waals surface area contributed by atoms with E-state index in [-0.39, 0.29) is 24.6 Å². The highest BCUT2D eigenvalue weighted by molar-refractivity contribution is 7.88. The zero-order chi connectivity index (χ0) is 21.3. The fourth-order valence-electron chi connectivity index (χ4n) is 2.76. The van der Waals surface area contributed by atoms with Crippen LogP contribution >= 0.6 is 0 Å². The van der Waals surface area contributed by atoms with Crippen molar-refractivity contribution in [3.8, 4) is 11.5 Å². The average Bonchev–Trinajstić information content (AvgIpc) is 2.71. The number of nitrogens with one attached hydrogen (secondary N) is 2. The Balaban J connectivity index is 1.92. The number of sulfonamides is 1. The molecule has 7 nitrogen and oxygen atoms in total. The van der Waals surface area contributed by atoms with Gasteiger partial charge in [-0.25, -0.2) is 13.1 Å². The monoisotopic (exact) mass is 418 g/mol. The summed E-state index contributed by atoms with van der Waals surface area (Å²) in [4.78, 5) is 12.3. The van der Waals surface area contributed by atoms with Gasteiger partial charge < -0.3 is 14.8 Å². The summed E-state index contributed by atoms with van der Waals surface area (Å²) in [5, 5.41) is 2.81. The lowest BCUT2D eigenvalue weighted by molar-refractivity contribution is -0.116. The molecule has 8 heteroatoms. The second kappa shape index (κ2) is 10.6. The Morgan fingerprint density at radius 2 is 1.83 bits per heavy atom. The lowest BCUT2D eigenvalue weighted by Gasteiger charge is -2.12. The fraction of sp³-hybridized carbons (Fsp3) is 0.286. The highest BCUT2D eigenvalue weighted by Crippen LogP contribution is 2.31. The molecule has 156 valence electrons. The summed E-state index contributed by atoms with van der Waals surface area (Å²) in [6.45, 7) is 3.67. The molecule has 2 rings (SSSR count). The number of methoxy groups -OCH3 is 2. The van der Waals surface area contributed by atoms with Crippen molar-refractivity contribution in [2.45, 2.75) is 18.6 Å². The van der Waals surface area contributed by atoms with Crippen LogP contribution in [-0.2, 0) is 27.0 Å². The van der Waals surface area contributed by atoms with Crippen molar-refractivity contribution in [1.82, 2.24) is 4.72 Å². The summed E-state index contributed by atoms with van der Waals surface area (Å²) in [5.74, 6) is 0.963. The highest BCUT2D eigenvalue weighted by Gasteiger charge is 2.12. The molecule has 2 aromatic carbocycles. The van der Waals surface area contributed by atoms with E-state index in [1.165, 1.54) is 6.08 Å². The molecular formula is C21H26N2O5S. The fourth-order valence-corrected chi connectivity index (χ4v) is 3.87. The minimum absolute atomic E-state index is 0.134. The standard InChI is InChI=1S/C21H26N2O5S/c1-4-14-22-29(25,26)15-16-8-11-18(12-9-16)23-20(24)13-10-17-6-5-7-19(27-2)21(17)28-3/h4-9,11-12,22H,1,10,13-15H2,2-3H3,(H,23,24). The van der Waals surface area contributed by atoms with Gasteiger partial charge in [-0.05, 0) is 35.7 Å². The van der Waals surface area contributed by atoms with E-state index in [9.17, 15) is 13.2 Å². The maximum absolute atomic E-state index is 12.3. The van der Waals surface area contributed by atoms with Gasteiger partial charge >= 0.3 is 0 Å². The van der Waals surface area contributed by atoms with Crippen molar-refractivity contribution in [2.75, 3.05) is 26.1 Å². The molecule has 0 heterocycles. The molecular weight excluding hydrogens is 392 g/mol. The first-order chi connectivity index (χ1) is 13.9. The topological polar surface area (TPSA) is 93.7 Å². The Hall–Kier alpha value is -2.84. The Bertz CT molecular complexity index is 940. The van der Waals surface area contributed by atoms with Gasteiger partial charge in [-0.15, -0.1) is 6.58 Å². The number of carbonyl (C=O) groups is 1. The molecule has 29 heavy (non-hydrogen) atoms. The van der Waals surface area contributed by atoms with Gasteiger partial charge in [0.1, 0.15) is 0 Å². The molecule has 0 spiro atoms. The number of benzene rings is 2. The molecule has 0 aliphatic carbocycles. The SMILES string of the molecule is C=CCNS(=O)(=O)Cc1ccc(NC(=O)CCc2cccc(OC)c2OC)cc1. The van der Waals surface area contributed by atoms with Crippen molar-refractivity contribution in [1.29, 1.82) is 0 Å². The second-order valence-electron chi connectivity index (χ2n) is 6.29. The van der Waals surface area contributed by atoms with Crippen LogP contribution in [0.15, 0.2) is 55.1 Å². The van der Waals surface area contributed by atoms with E-state index in [1.54, 1.807) is 44.6 Å². The molecule has 0 unspecified atom stereocenters. The van der Waals surface area contributed by atoms with Crippen molar-refractivity contribution in [3.05, 3.63) is 66.2 Å². The van der Waals surface area contributed by atoms with E-state index in [2.05, 4.69) is 16.6 Å².